The summed E-state index contributed by atoms with van der Waals surface area (Å²) in [6, 6.07) is 42.6. The minimum Gasteiger partial charge on any atom is -0.0842 e. The lowest BCUT2D eigenvalue weighted by Crippen LogP contribution is -1.97. The quantitative estimate of drug-likeness (QED) is 0.170. The van der Waals surface area contributed by atoms with E-state index in [4.69, 9.17) is 0 Å². The predicted octanol–water partition coefficient (Wildman–Crippen LogP) is 10.9. The van der Waals surface area contributed by atoms with Crippen molar-refractivity contribution in [1.29, 1.82) is 0 Å². The van der Waals surface area contributed by atoms with E-state index in [1.165, 1.54) is 76.1 Å². The van der Waals surface area contributed by atoms with Crippen LogP contribution in [0.2, 0.25) is 0 Å². The smallest absolute Gasteiger partial charge is 0.000775 e. The van der Waals surface area contributed by atoms with E-state index in [0.29, 0.717) is 0 Å². The summed E-state index contributed by atoms with van der Waals surface area (Å²) in [5.41, 5.74) is 5.42. The summed E-state index contributed by atoms with van der Waals surface area (Å²) in [6.07, 6.45) is 9.01. The van der Waals surface area contributed by atoms with E-state index >= 15 is 0 Å². The van der Waals surface area contributed by atoms with Crippen LogP contribution >= 0.6 is 0 Å². The highest BCUT2D eigenvalue weighted by Gasteiger charge is 2.22. The van der Waals surface area contributed by atoms with Crippen molar-refractivity contribution in [1.82, 2.24) is 0 Å². The van der Waals surface area contributed by atoms with Gasteiger partial charge in [0.1, 0.15) is 0 Å². The summed E-state index contributed by atoms with van der Waals surface area (Å²) in [6.45, 7) is 0. The summed E-state index contributed by atoms with van der Waals surface area (Å²) in [7, 11) is 0. The summed E-state index contributed by atoms with van der Waals surface area (Å²) in [4.78, 5) is 0. The highest BCUT2D eigenvalue weighted by molar-refractivity contribution is 6.35. The minimum atomic E-state index is 1.05. The number of hydrogen-bond donors (Lipinski definition) is 0. The molecule has 178 valence electrons. The molecule has 38 heavy (non-hydrogen) atoms. The Kier molecular flexibility index (Phi) is 4.75. The lowest BCUT2D eigenvalue weighted by Gasteiger charge is -2.23. The number of benzene rings is 7. The van der Waals surface area contributed by atoms with Crippen LogP contribution in [0.15, 0.2) is 133 Å². The highest BCUT2D eigenvalue weighted by Crippen LogP contribution is 2.49. The molecular formula is C38H26. The van der Waals surface area contributed by atoms with Gasteiger partial charge in [-0.1, -0.05) is 121 Å². The largest absolute Gasteiger partial charge is 0.0842 e. The Morgan fingerprint density at radius 3 is 1.58 bits per heavy atom. The second kappa shape index (κ2) is 8.43. The molecule has 0 N–H and O–H groups in total. The van der Waals surface area contributed by atoms with Gasteiger partial charge in [0.2, 0.25) is 0 Å². The van der Waals surface area contributed by atoms with Crippen LogP contribution in [0.4, 0.5) is 0 Å². The third-order valence-corrected chi connectivity index (χ3v) is 8.25. The SMILES string of the molecule is C1=CCCC(c2c3cc4ccccc4cc3c(-c3ccccc3)c3c4ccccc4c4ccccc4c23)=C1. The van der Waals surface area contributed by atoms with Crippen LogP contribution < -0.4 is 0 Å². The van der Waals surface area contributed by atoms with E-state index in [2.05, 4.69) is 133 Å². The molecule has 0 aromatic heterocycles. The van der Waals surface area contributed by atoms with Crippen molar-refractivity contribution in [2.45, 2.75) is 12.8 Å². The van der Waals surface area contributed by atoms with Gasteiger partial charge in [0.15, 0.2) is 0 Å². The number of allylic oxidation sites excluding steroid dienone is 4. The maximum absolute atomic E-state index is 2.44. The zero-order valence-corrected chi connectivity index (χ0v) is 21.1. The van der Waals surface area contributed by atoms with Crippen molar-refractivity contribution >= 4 is 59.4 Å². The van der Waals surface area contributed by atoms with Crippen LogP contribution in [-0.4, -0.2) is 0 Å². The zero-order chi connectivity index (χ0) is 25.1. The molecule has 0 fully saturated rings. The zero-order valence-electron chi connectivity index (χ0n) is 21.1. The van der Waals surface area contributed by atoms with Gasteiger partial charge < -0.3 is 0 Å². The maximum atomic E-state index is 2.44. The molecule has 0 saturated heterocycles. The molecule has 0 amide bonds. The van der Waals surface area contributed by atoms with Crippen LogP contribution in [-0.2, 0) is 0 Å². The molecule has 0 heteroatoms. The van der Waals surface area contributed by atoms with Crippen molar-refractivity contribution in [3.63, 3.8) is 0 Å². The van der Waals surface area contributed by atoms with Crippen LogP contribution in [0.25, 0.3) is 70.6 Å². The molecule has 0 spiro atoms. The van der Waals surface area contributed by atoms with Gasteiger partial charge in [-0.2, -0.15) is 0 Å². The average molecular weight is 483 g/mol. The molecule has 8 rings (SSSR count). The standard InChI is InChI=1S/C38H26/c1-3-13-25(14-4-1)35-33-23-27-17-7-8-18-28(27)24-34(33)36(26-15-5-2-6-16-26)38-32-22-12-10-20-30(32)29-19-9-11-21-31(29)37(35)38/h1-5,7-15,17-24H,6,16H2. The van der Waals surface area contributed by atoms with Gasteiger partial charge in [-0.15, -0.1) is 0 Å². The van der Waals surface area contributed by atoms with Crippen LogP contribution in [0.5, 0.6) is 0 Å². The second-order valence-electron chi connectivity index (χ2n) is 10.4. The molecule has 0 saturated carbocycles. The fraction of sp³-hybridized carbons (Fsp3) is 0.0526. The first-order valence-electron chi connectivity index (χ1n) is 13.5. The summed E-state index contributed by atoms with van der Waals surface area (Å²) < 4.78 is 0. The highest BCUT2D eigenvalue weighted by atomic mass is 14.3. The van der Waals surface area contributed by atoms with Gasteiger partial charge in [0.25, 0.3) is 0 Å². The van der Waals surface area contributed by atoms with Gasteiger partial charge >= 0.3 is 0 Å². The fourth-order valence-corrected chi connectivity index (χ4v) is 6.63. The normalized spacial score (nSPS) is 13.6. The molecule has 7 aromatic rings. The summed E-state index contributed by atoms with van der Waals surface area (Å²) >= 11 is 0. The molecule has 0 radical (unpaired) electrons. The Hall–Kier alpha value is -4.68. The Morgan fingerprint density at radius 2 is 0.974 bits per heavy atom. The molecule has 1 aliphatic rings. The van der Waals surface area contributed by atoms with E-state index in [0.717, 1.165) is 12.8 Å². The van der Waals surface area contributed by atoms with E-state index in [-0.39, 0.29) is 0 Å². The first-order chi connectivity index (χ1) is 18.9. The Labute approximate surface area is 222 Å². The lowest BCUT2D eigenvalue weighted by molar-refractivity contribution is 1.06. The van der Waals surface area contributed by atoms with Crippen molar-refractivity contribution in [2.24, 2.45) is 0 Å². The third-order valence-electron chi connectivity index (χ3n) is 8.25. The molecule has 1 aliphatic carbocycles. The average Bonchev–Trinajstić information content (AvgIpc) is 3.00. The second-order valence-corrected chi connectivity index (χ2v) is 10.4. The Morgan fingerprint density at radius 1 is 0.447 bits per heavy atom. The van der Waals surface area contributed by atoms with E-state index in [1.807, 2.05) is 0 Å². The molecule has 0 heterocycles. The fourth-order valence-electron chi connectivity index (χ4n) is 6.63. The van der Waals surface area contributed by atoms with Crippen LogP contribution in [0, 0.1) is 0 Å². The lowest BCUT2D eigenvalue weighted by atomic mass is 9.79. The predicted molar refractivity (Wildman–Crippen MR) is 166 cm³/mol. The van der Waals surface area contributed by atoms with Crippen molar-refractivity contribution < 1.29 is 0 Å². The van der Waals surface area contributed by atoms with E-state index in [1.54, 1.807) is 0 Å². The van der Waals surface area contributed by atoms with Crippen molar-refractivity contribution in [3.05, 3.63) is 139 Å². The topological polar surface area (TPSA) is 0 Å². The molecule has 0 bridgehead atoms. The van der Waals surface area contributed by atoms with Gasteiger partial charge in [0, 0.05) is 0 Å². The van der Waals surface area contributed by atoms with Crippen molar-refractivity contribution in [2.75, 3.05) is 0 Å². The first-order valence-corrected chi connectivity index (χ1v) is 13.5. The number of fused-ring (bicyclic) bond motifs is 8. The van der Waals surface area contributed by atoms with Crippen LogP contribution in [0.1, 0.15) is 18.4 Å². The molecule has 0 unspecified atom stereocenters. The first kappa shape index (κ1) is 21.4. The maximum Gasteiger partial charge on any atom is -0.000775 e. The molecular weight excluding hydrogens is 456 g/mol. The van der Waals surface area contributed by atoms with Gasteiger partial charge in [-0.05, 0) is 101 Å². The summed E-state index contributed by atoms with van der Waals surface area (Å²) in [5, 5.41) is 13.3. The van der Waals surface area contributed by atoms with E-state index < -0.39 is 0 Å². The molecule has 7 aromatic carbocycles. The molecule has 0 aliphatic heterocycles. The van der Waals surface area contributed by atoms with Gasteiger partial charge in [0.05, 0.1) is 0 Å². The minimum absolute atomic E-state index is 1.05. The molecule has 0 nitrogen and oxygen atoms in total. The Bertz CT molecular complexity index is 2110. The Balaban J connectivity index is 1.76. The van der Waals surface area contributed by atoms with Crippen LogP contribution in [0.3, 0.4) is 0 Å². The van der Waals surface area contributed by atoms with Gasteiger partial charge in [-0.25, -0.2) is 0 Å². The molecule has 0 atom stereocenters. The third kappa shape index (κ3) is 3.10. The van der Waals surface area contributed by atoms with E-state index in [9.17, 15) is 0 Å². The number of hydrogen-bond acceptors (Lipinski definition) is 0. The summed E-state index contributed by atoms with van der Waals surface area (Å²) in [5.74, 6) is 0. The monoisotopic (exact) mass is 482 g/mol. The number of rotatable bonds is 2. The van der Waals surface area contributed by atoms with Crippen molar-refractivity contribution in [3.8, 4) is 11.1 Å². The van der Waals surface area contributed by atoms with Gasteiger partial charge in [-0.3, -0.25) is 0 Å².